The third kappa shape index (κ3) is 4.15. The Morgan fingerprint density at radius 1 is 0.968 bits per heavy atom. The van der Waals surface area contributed by atoms with Crippen molar-refractivity contribution in [2.75, 3.05) is 0 Å². The molecule has 1 aliphatic rings. The highest BCUT2D eigenvalue weighted by Gasteiger charge is 2.23. The lowest BCUT2D eigenvalue weighted by Crippen LogP contribution is -2.31. The number of hydrogen-bond acceptors (Lipinski definition) is 3. The molecule has 1 N–H and O–H groups in total. The fourth-order valence-electron chi connectivity index (χ4n) is 4.28. The van der Waals surface area contributed by atoms with Crippen LogP contribution in [0.3, 0.4) is 0 Å². The molecule has 0 fully saturated rings. The van der Waals surface area contributed by atoms with Crippen LogP contribution in [0.5, 0.6) is 5.88 Å². The van der Waals surface area contributed by atoms with E-state index in [0.29, 0.717) is 18.1 Å². The van der Waals surface area contributed by atoms with Crippen LogP contribution in [-0.4, -0.2) is 10.9 Å². The van der Waals surface area contributed by atoms with E-state index in [1.807, 2.05) is 60.7 Å². The first-order chi connectivity index (χ1) is 15.3. The molecule has 4 heteroatoms. The molecule has 0 saturated heterocycles. The minimum absolute atomic E-state index is 0.0260. The van der Waals surface area contributed by atoms with Crippen molar-refractivity contribution in [3.8, 4) is 5.88 Å². The van der Waals surface area contributed by atoms with Crippen LogP contribution in [0, 0.1) is 0 Å². The predicted molar refractivity (Wildman–Crippen MR) is 122 cm³/mol. The molecule has 0 saturated carbocycles. The molecule has 0 aliphatic heterocycles. The zero-order valence-corrected chi connectivity index (χ0v) is 17.3. The monoisotopic (exact) mass is 408 g/mol. The summed E-state index contributed by atoms with van der Waals surface area (Å²) in [5.74, 6) is 0.363. The highest BCUT2D eigenvalue weighted by molar-refractivity contribution is 6.06. The molecular weight excluding hydrogens is 384 g/mol. The molecule has 1 heterocycles. The van der Waals surface area contributed by atoms with Gasteiger partial charge in [-0.05, 0) is 42.0 Å². The molecule has 3 aromatic carbocycles. The maximum atomic E-state index is 13.4. The number of benzene rings is 3. The summed E-state index contributed by atoms with van der Waals surface area (Å²) in [6.45, 7) is 0.406. The second-order valence-electron chi connectivity index (χ2n) is 7.92. The van der Waals surface area contributed by atoms with Gasteiger partial charge in [0.25, 0.3) is 5.91 Å². The Morgan fingerprint density at radius 3 is 2.65 bits per heavy atom. The van der Waals surface area contributed by atoms with Crippen molar-refractivity contribution in [2.45, 2.75) is 31.9 Å². The first-order valence-corrected chi connectivity index (χ1v) is 10.7. The van der Waals surface area contributed by atoms with Crippen molar-refractivity contribution in [3.05, 3.63) is 107 Å². The van der Waals surface area contributed by atoms with Gasteiger partial charge < -0.3 is 10.1 Å². The number of fused-ring (bicyclic) bond motifs is 2. The Bertz CT molecular complexity index is 1220. The summed E-state index contributed by atoms with van der Waals surface area (Å²) in [6.07, 6.45) is 3.09. The Labute approximate surface area is 181 Å². The van der Waals surface area contributed by atoms with Crippen molar-refractivity contribution in [1.82, 2.24) is 10.3 Å². The van der Waals surface area contributed by atoms with Crippen molar-refractivity contribution in [3.63, 3.8) is 0 Å². The molecule has 4 nitrogen and oxygen atoms in total. The van der Waals surface area contributed by atoms with Gasteiger partial charge in [-0.1, -0.05) is 72.8 Å². The summed E-state index contributed by atoms with van der Waals surface area (Å²) in [4.78, 5) is 18.0. The van der Waals surface area contributed by atoms with Crippen LogP contribution < -0.4 is 10.1 Å². The van der Waals surface area contributed by atoms with Crippen LogP contribution in [0.15, 0.2) is 84.9 Å². The van der Waals surface area contributed by atoms with Gasteiger partial charge in [0.15, 0.2) is 0 Å². The Kier molecular flexibility index (Phi) is 5.36. The van der Waals surface area contributed by atoms with Crippen LogP contribution in [0.2, 0.25) is 0 Å². The molecule has 154 valence electrons. The molecule has 0 radical (unpaired) electrons. The fraction of sp³-hybridized carbons (Fsp3) is 0.185. The van der Waals surface area contributed by atoms with Gasteiger partial charge in [0.2, 0.25) is 5.88 Å². The van der Waals surface area contributed by atoms with Gasteiger partial charge in [0.1, 0.15) is 6.61 Å². The van der Waals surface area contributed by atoms with Crippen LogP contribution >= 0.6 is 0 Å². The number of ether oxygens (including phenoxy) is 1. The topological polar surface area (TPSA) is 51.2 Å². The highest BCUT2D eigenvalue weighted by atomic mass is 16.5. The number of nitrogens with zero attached hydrogens (tertiary/aromatic N) is 1. The SMILES string of the molecule is O=C(NC1CCCc2ccccc21)c1cc(OCc2ccccc2)nc2ccccc12. The van der Waals surface area contributed by atoms with E-state index in [0.717, 1.165) is 35.7 Å². The number of amides is 1. The first kappa shape index (κ1) is 19.3. The van der Waals surface area contributed by atoms with Gasteiger partial charge in [0.05, 0.1) is 17.1 Å². The number of aromatic nitrogens is 1. The lowest BCUT2D eigenvalue weighted by atomic mass is 9.87. The van der Waals surface area contributed by atoms with Gasteiger partial charge in [-0.15, -0.1) is 0 Å². The van der Waals surface area contributed by atoms with Crippen LogP contribution in [0.1, 0.15) is 45.9 Å². The second kappa shape index (κ2) is 8.60. The van der Waals surface area contributed by atoms with E-state index in [4.69, 9.17) is 4.74 Å². The summed E-state index contributed by atoms with van der Waals surface area (Å²) in [7, 11) is 0. The summed E-state index contributed by atoms with van der Waals surface area (Å²) in [5, 5.41) is 4.09. The lowest BCUT2D eigenvalue weighted by molar-refractivity contribution is 0.0934. The van der Waals surface area contributed by atoms with Crippen molar-refractivity contribution < 1.29 is 9.53 Å². The van der Waals surface area contributed by atoms with Crippen LogP contribution in [0.25, 0.3) is 10.9 Å². The predicted octanol–water partition coefficient (Wildman–Crippen LogP) is 5.62. The number of pyridine rings is 1. The molecule has 31 heavy (non-hydrogen) atoms. The number of carbonyl (C=O) groups is 1. The number of para-hydroxylation sites is 1. The molecule has 1 unspecified atom stereocenters. The van der Waals surface area contributed by atoms with E-state index >= 15 is 0 Å². The Morgan fingerprint density at radius 2 is 1.74 bits per heavy atom. The Balaban J connectivity index is 1.44. The van der Waals surface area contributed by atoms with Gasteiger partial charge in [-0.3, -0.25) is 4.79 Å². The van der Waals surface area contributed by atoms with E-state index in [-0.39, 0.29) is 11.9 Å². The minimum Gasteiger partial charge on any atom is -0.473 e. The Hall–Kier alpha value is -3.66. The van der Waals surface area contributed by atoms with Crippen LogP contribution in [-0.2, 0) is 13.0 Å². The molecule has 0 bridgehead atoms. The smallest absolute Gasteiger partial charge is 0.252 e. The van der Waals surface area contributed by atoms with Crippen molar-refractivity contribution >= 4 is 16.8 Å². The third-order valence-electron chi connectivity index (χ3n) is 5.84. The van der Waals surface area contributed by atoms with Crippen LogP contribution in [0.4, 0.5) is 0 Å². The molecule has 4 aromatic rings. The molecule has 0 spiro atoms. The van der Waals surface area contributed by atoms with E-state index < -0.39 is 0 Å². The summed E-state index contributed by atoms with van der Waals surface area (Å²) >= 11 is 0. The fourth-order valence-corrected chi connectivity index (χ4v) is 4.28. The van der Waals surface area contributed by atoms with Gasteiger partial charge >= 0.3 is 0 Å². The maximum Gasteiger partial charge on any atom is 0.252 e. The molecule has 1 aromatic heterocycles. The van der Waals surface area contributed by atoms with E-state index in [1.165, 1.54) is 11.1 Å². The van der Waals surface area contributed by atoms with Crippen molar-refractivity contribution in [1.29, 1.82) is 0 Å². The molecule has 1 atom stereocenters. The standard InChI is InChI=1S/C27H24N2O2/c30-27(29-24-16-8-12-20-11-4-5-13-21(20)24)23-17-26(28-25-15-7-6-14-22(23)25)31-18-19-9-2-1-3-10-19/h1-7,9-11,13-15,17,24H,8,12,16,18H2,(H,29,30). The first-order valence-electron chi connectivity index (χ1n) is 10.7. The van der Waals surface area contributed by atoms with Crippen molar-refractivity contribution in [2.24, 2.45) is 0 Å². The van der Waals surface area contributed by atoms with Gasteiger partial charge in [-0.2, -0.15) is 0 Å². The van der Waals surface area contributed by atoms with E-state index in [1.54, 1.807) is 6.07 Å². The highest BCUT2D eigenvalue weighted by Crippen LogP contribution is 2.30. The number of carbonyl (C=O) groups excluding carboxylic acids is 1. The second-order valence-corrected chi connectivity index (χ2v) is 7.92. The minimum atomic E-state index is -0.0927. The molecule has 1 amide bonds. The number of hydrogen-bond donors (Lipinski definition) is 1. The number of rotatable bonds is 5. The zero-order valence-electron chi connectivity index (χ0n) is 17.3. The maximum absolute atomic E-state index is 13.4. The lowest BCUT2D eigenvalue weighted by Gasteiger charge is -2.26. The molecule has 1 aliphatic carbocycles. The zero-order chi connectivity index (χ0) is 21.0. The number of aryl methyl sites for hydroxylation is 1. The van der Waals surface area contributed by atoms with Gasteiger partial charge in [0, 0.05) is 11.5 Å². The third-order valence-corrected chi connectivity index (χ3v) is 5.84. The summed E-state index contributed by atoms with van der Waals surface area (Å²) in [6, 6.07) is 27.8. The number of nitrogens with one attached hydrogen (secondary N) is 1. The summed E-state index contributed by atoms with van der Waals surface area (Å²) in [5.41, 5.74) is 4.95. The average Bonchev–Trinajstić information content (AvgIpc) is 2.83. The quantitative estimate of drug-likeness (QED) is 0.466. The van der Waals surface area contributed by atoms with E-state index in [9.17, 15) is 4.79 Å². The summed E-state index contributed by atoms with van der Waals surface area (Å²) < 4.78 is 5.95. The largest absolute Gasteiger partial charge is 0.473 e. The average molecular weight is 409 g/mol. The molecular formula is C27H24N2O2. The van der Waals surface area contributed by atoms with E-state index in [2.05, 4.69) is 28.5 Å². The van der Waals surface area contributed by atoms with Gasteiger partial charge in [-0.25, -0.2) is 4.98 Å². The normalized spacial score (nSPS) is 15.3. The molecule has 5 rings (SSSR count).